The first-order valence-electron chi connectivity index (χ1n) is 19.9. The topological polar surface area (TPSA) is 51.8 Å². The number of rotatable bonds is 7. The van der Waals surface area contributed by atoms with Crippen LogP contribution >= 0.6 is 0 Å². The van der Waals surface area contributed by atoms with Gasteiger partial charge in [0.05, 0.1) is 27.8 Å². The maximum atomic E-state index is 5.63. The van der Waals surface area contributed by atoms with Gasteiger partial charge in [-0.2, -0.15) is 0 Å². The predicted octanol–water partition coefficient (Wildman–Crippen LogP) is 13.5. The summed E-state index contributed by atoms with van der Waals surface area (Å²) in [6, 6.07) is 60.9. The first kappa shape index (κ1) is 34.4. The van der Waals surface area contributed by atoms with E-state index in [9.17, 15) is 0 Å². The second kappa shape index (κ2) is 14.0. The summed E-state index contributed by atoms with van der Waals surface area (Å²) in [5.74, 6) is 1.66. The van der Waals surface area contributed by atoms with E-state index in [2.05, 4.69) is 190 Å². The van der Waals surface area contributed by atoms with Crippen LogP contribution in [0.15, 0.2) is 195 Å². The lowest BCUT2D eigenvalue weighted by molar-refractivity contribution is 1.01. The number of aryl methyl sites for hydroxylation is 2. The lowest BCUT2D eigenvalue weighted by Gasteiger charge is -2.27. The van der Waals surface area contributed by atoms with E-state index in [4.69, 9.17) is 4.98 Å². The van der Waals surface area contributed by atoms with Crippen LogP contribution in [0.1, 0.15) is 11.1 Å². The number of aromatic nitrogens is 5. The largest absolute Gasteiger partial charge is 0.310 e. The van der Waals surface area contributed by atoms with E-state index in [0.29, 0.717) is 0 Å². The third-order valence-electron chi connectivity index (χ3n) is 11.4. The second-order valence-corrected chi connectivity index (χ2v) is 15.2. The monoisotopic (exact) mass is 758 g/mol. The fourth-order valence-corrected chi connectivity index (χ4v) is 8.64. The van der Waals surface area contributed by atoms with Gasteiger partial charge < -0.3 is 4.90 Å². The van der Waals surface area contributed by atoms with E-state index in [-0.39, 0.29) is 0 Å². The van der Waals surface area contributed by atoms with Gasteiger partial charge in [-0.05, 0) is 115 Å². The Bertz CT molecular complexity index is 3130. The van der Waals surface area contributed by atoms with Crippen LogP contribution < -0.4 is 4.90 Å². The van der Waals surface area contributed by atoms with Crippen LogP contribution in [0.25, 0.3) is 77.5 Å². The van der Waals surface area contributed by atoms with Crippen molar-refractivity contribution in [3.8, 4) is 33.9 Å². The Kier molecular flexibility index (Phi) is 8.15. The Morgan fingerprint density at radius 2 is 0.864 bits per heavy atom. The number of benzene rings is 6. The van der Waals surface area contributed by atoms with Crippen molar-refractivity contribution in [3.05, 3.63) is 206 Å². The van der Waals surface area contributed by atoms with Gasteiger partial charge in [-0.3, -0.25) is 19.1 Å². The van der Waals surface area contributed by atoms with Gasteiger partial charge in [-0.1, -0.05) is 90.0 Å². The van der Waals surface area contributed by atoms with Gasteiger partial charge in [0.2, 0.25) is 0 Å². The van der Waals surface area contributed by atoms with Gasteiger partial charge in [0.25, 0.3) is 0 Å². The third-order valence-corrected chi connectivity index (χ3v) is 11.4. The molecule has 0 N–H and O–H groups in total. The van der Waals surface area contributed by atoms with Crippen molar-refractivity contribution in [2.24, 2.45) is 0 Å². The van der Waals surface area contributed by atoms with Crippen LogP contribution in [-0.2, 0) is 0 Å². The Balaban J connectivity index is 1.20. The smallest absolute Gasteiger partial charge is 0.142 e. The Hall–Kier alpha value is -7.83. The molecule has 59 heavy (non-hydrogen) atoms. The average molecular weight is 759 g/mol. The summed E-state index contributed by atoms with van der Waals surface area (Å²) in [5.41, 5.74) is 14.3. The number of para-hydroxylation sites is 2. The molecule has 0 saturated heterocycles. The fourth-order valence-electron chi connectivity index (χ4n) is 8.64. The van der Waals surface area contributed by atoms with Crippen LogP contribution in [0.5, 0.6) is 0 Å². The molecule has 0 aliphatic heterocycles. The Morgan fingerprint density at radius 3 is 1.39 bits per heavy atom. The summed E-state index contributed by atoms with van der Waals surface area (Å²) in [7, 11) is 0. The summed E-state index contributed by atoms with van der Waals surface area (Å²) >= 11 is 0. The zero-order chi connectivity index (χ0) is 39.5. The summed E-state index contributed by atoms with van der Waals surface area (Å²) < 4.78 is 4.65. The van der Waals surface area contributed by atoms with Crippen molar-refractivity contribution >= 4 is 60.7 Å². The van der Waals surface area contributed by atoms with E-state index in [1.807, 2.05) is 43.0 Å². The predicted molar refractivity (Wildman–Crippen MR) is 244 cm³/mol. The highest BCUT2D eigenvalue weighted by atomic mass is 15.2. The number of anilines is 3. The van der Waals surface area contributed by atoms with Gasteiger partial charge in [0, 0.05) is 69.8 Å². The summed E-state index contributed by atoms with van der Waals surface area (Å²) in [6.45, 7) is 4.32. The molecule has 280 valence electrons. The molecule has 5 aromatic heterocycles. The summed E-state index contributed by atoms with van der Waals surface area (Å²) in [5, 5.41) is 4.80. The van der Waals surface area contributed by atoms with Crippen molar-refractivity contribution in [3.63, 3.8) is 0 Å². The molecule has 6 heteroatoms. The summed E-state index contributed by atoms with van der Waals surface area (Å²) in [4.78, 5) is 16.6. The number of hydrogen-bond acceptors (Lipinski definition) is 4. The molecule has 0 aliphatic carbocycles. The molecule has 5 heterocycles. The summed E-state index contributed by atoms with van der Waals surface area (Å²) in [6.07, 6.45) is 7.40. The molecule has 6 nitrogen and oxygen atoms in total. The van der Waals surface area contributed by atoms with Gasteiger partial charge in [-0.15, -0.1) is 0 Å². The van der Waals surface area contributed by atoms with Crippen molar-refractivity contribution < 1.29 is 0 Å². The Labute approximate surface area is 341 Å². The van der Waals surface area contributed by atoms with Gasteiger partial charge in [0.15, 0.2) is 0 Å². The number of nitrogens with zero attached hydrogens (tertiary/aromatic N) is 6. The number of pyridine rings is 3. The van der Waals surface area contributed by atoms with Crippen molar-refractivity contribution in [1.29, 1.82) is 0 Å². The van der Waals surface area contributed by atoms with Gasteiger partial charge in [-0.25, -0.2) is 4.98 Å². The van der Waals surface area contributed by atoms with Crippen LogP contribution in [0, 0.1) is 13.8 Å². The first-order chi connectivity index (χ1) is 29.1. The fraction of sp³-hybridized carbons (Fsp3) is 0.0377. The van der Waals surface area contributed by atoms with Crippen molar-refractivity contribution in [2.45, 2.75) is 13.8 Å². The number of fused-ring (bicyclic) bond motifs is 6. The van der Waals surface area contributed by atoms with Gasteiger partial charge >= 0.3 is 0 Å². The highest BCUT2D eigenvalue weighted by Crippen LogP contribution is 2.41. The molecule has 0 saturated carbocycles. The average Bonchev–Trinajstić information content (AvgIpc) is 3.79. The molecule has 0 amide bonds. The maximum Gasteiger partial charge on any atom is 0.142 e. The standard InChI is InChI=1S/C53H38N6/c1-35-13-23-50-46(30-35)47-31-36(2)14-24-51(47)59(50)53-33-43(32-52(56-53)58-48-11-5-3-9-44(48)45-10-4-6-12-49(45)58)57(41-19-15-37(16-20-41)39-25-28-54-29-26-39)42-21-17-38(18-22-42)40-8-7-27-55-34-40/h3-34H,1-2H3. The molecule has 0 atom stereocenters. The molecular formula is C53H38N6. The zero-order valence-corrected chi connectivity index (χ0v) is 32.7. The SMILES string of the molecule is Cc1ccc2c(c1)c1cc(C)ccc1n2-c1cc(N(c2ccc(-c3ccncc3)cc2)c2ccc(-c3cccnc3)cc2)cc(-n2c3ccccc3c3ccccc32)n1. The molecule has 0 unspecified atom stereocenters. The lowest BCUT2D eigenvalue weighted by atomic mass is 10.0. The minimum absolute atomic E-state index is 0.828. The van der Waals surface area contributed by atoms with E-state index in [1.165, 1.54) is 32.7 Å². The highest BCUT2D eigenvalue weighted by Gasteiger charge is 2.22. The minimum Gasteiger partial charge on any atom is -0.310 e. The Morgan fingerprint density at radius 1 is 0.373 bits per heavy atom. The molecule has 11 rings (SSSR count). The van der Waals surface area contributed by atoms with E-state index < -0.39 is 0 Å². The van der Waals surface area contributed by atoms with Crippen LogP contribution in [0.3, 0.4) is 0 Å². The van der Waals surface area contributed by atoms with Gasteiger partial charge in [0.1, 0.15) is 11.6 Å². The van der Waals surface area contributed by atoms with E-state index in [0.717, 1.165) is 73.0 Å². The molecule has 11 aromatic rings. The third kappa shape index (κ3) is 5.92. The highest BCUT2D eigenvalue weighted by molar-refractivity contribution is 6.10. The first-order valence-corrected chi connectivity index (χ1v) is 19.9. The lowest BCUT2D eigenvalue weighted by Crippen LogP contribution is -2.13. The molecular weight excluding hydrogens is 721 g/mol. The zero-order valence-electron chi connectivity index (χ0n) is 32.7. The van der Waals surface area contributed by atoms with Crippen molar-refractivity contribution in [1.82, 2.24) is 24.1 Å². The second-order valence-electron chi connectivity index (χ2n) is 15.2. The molecule has 0 radical (unpaired) electrons. The minimum atomic E-state index is 0.828. The normalized spacial score (nSPS) is 11.6. The van der Waals surface area contributed by atoms with E-state index >= 15 is 0 Å². The van der Waals surface area contributed by atoms with Crippen LogP contribution in [-0.4, -0.2) is 24.1 Å². The molecule has 0 spiro atoms. The number of hydrogen-bond donors (Lipinski definition) is 0. The van der Waals surface area contributed by atoms with E-state index in [1.54, 1.807) is 0 Å². The molecule has 6 aromatic carbocycles. The quantitative estimate of drug-likeness (QED) is 0.162. The van der Waals surface area contributed by atoms with Crippen LogP contribution in [0.2, 0.25) is 0 Å². The molecule has 0 fully saturated rings. The maximum absolute atomic E-state index is 5.63. The van der Waals surface area contributed by atoms with Crippen molar-refractivity contribution in [2.75, 3.05) is 4.90 Å². The van der Waals surface area contributed by atoms with Crippen LogP contribution in [0.4, 0.5) is 17.1 Å². The molecule has 0 bridgehead atoms. The molecule has 0 aliphatic rings.